The first-order valence-electron chi connectivity index (χ1n) is 32.9. The zero-order valence-corrected chi connectivity index (χ0v) is 60.3. The van der Waals surface area contributed by atoms with E-state index in [4.69, 9.17) is 4.74 Å². The Morgan fingerprint density at radius 1 is 0.495 bits per heavy atom. The average Bonchev–Trinajstić information content (AvgIpc) is 0.871. The second-order valence-corrected chi connectivity index (χ2v) is 27.6. The Kier molecular flexibility index (Phi) is 35.1. The van der Waals surface area contributed by atoms with Crippen LogP contribution in [0.25, 0.3) is 0 Å². The molecule has 0 unspecified atom stereocenters. The van der Waals surface area contributed by atoms with Gasteiger partial charge in [-0.25, -0.2) is 4.79 Å². The zero-order chi connectivity index (χ0) is 72.0. The number of hydrogen-bond donors (Lipinski definition) is 7. The van der Waals surface area contributed by atoms with Gasteiger partial charge in [-0.1, -0.05) is 96.9 Å². The molecule has 28 nitrogen and oxygen atoms in total. The summed E-state index contributed by atoms with van der Waals surface area (Å²) < 4.78 is 5.33. The second kappa shape index (κ2) is 38.9. The van der Waals surface area contributed by atoms with Crippen LogP contribution in [0, 0.1) is 41.4 Å². The number of aliphatic hydroxyl groups excluding tert-OH is 1. The molecule has 13 amide bonds. The van der Waals surface area contributed by atoms with E-state index in [0.717, 1.165) is 9.80 Å². The first kappa shape index (κ1) is 83.9. The van der Waals surface area contributed by atoms with Gasteiger partial charge >= 0.3 is 6.09 Å². The molecule has 0 aliphatic carbocycles. The summed E-state index contributed by atoms with van der Waals surface area (Å²) in [5.74, 6) is -11.1. The molecule has 0 aromatic heterocycles. The maximum atomic E-state index is 15.3. The van der Waals surface area contributed by atoms with Gasteiger partial charge in [0.1, 0.15) is 60.4 Å². The number of rotatable bonds is 19. The Hall–Kier alpha value is -7.13. The number of amides is 13. The van der Waals surface area contributed by atoms with E-state index < -0.39 is 162 Å². The Morgan fingerprint density at radius 2 is 0.925 bits per heavy atom. The molecular formula is C65H117N13O15. The van der Waals surface area contributed by atoms with Crippen LogP contribution < -0.4 is 31.9 Å². The highest BCUT2D eigenvalue weighted by Crippen LogP contribution is 2.26. The van der Waals surface area contributed by atoms with Gasteiger partial charge in [-0.2, -0.15) is 0 Å². The molecule has 0 aromatic rings. The minimum atomic E-state index is -1.78. The Balaban J connectivity index is 4.32. The van der Waals surface area contributed by atoms with Crippen molar-refractivity contribution < 1.29 is 72.2 Å². The molecule has 1 aliphatic heterocycles. The van der Waals surface area contributed by atoms with Gasteiger partial charge in [0.05, 0.1) is 19.3 Å². The lowest BCUT2D eigenvalue weighted by Gasteiger charge is -2.41. The average molecular weight is 1320 g/mol. The Labute approximate surface area is 553 Å². The summed E-state index contributed by atoms with van der Waals surface area (Å²) in [6, 6.07) is -13.0. The van der Waals surface area contributed by atoms with E-state index in [0.29, 0.717) is 0 Å². The summed E-state index contributed by atoms with van der Waals surface area (Å²) in [7, 11) is 9.64. The summed E-state index contributed by atoms with van der Waals surface area (Å²) in [6.07, 6.45) is -2.18. The molecule has 1 fully saturated rings. The Morgan fingerprint density at radius 3 is 1.40 bits per heavy atom. The van der Waals surface area contributed by atoms with Crippen LogP contribution in [0.5, 0.6) is 0 Å². The van der Waals surface area contributed by atoms with Crippen molar-refractivity contribution in [3.63, 3.8) is 0 Å². The number of alkyl carbamates (subject to hydrolysis) is 1. The molecule has 0 spiro atoms. The molecule has 0 aromatic carbocycles. The molecule has 0 bridgehead atoms. The van der Waals surface area contributed by atoms with E-state index >= 15 is 14.4 Å². The number of nitrogens with one attached hydrogen (secondary N) is 6. The molecule has 12 atom stereocenters. The number of carbonyl (C=O) groups is 13. The van der Waals surface area contributed by atoms with Gasteiger partial charge in [-0.05, 0) is 93.8 Å². The first-order valence-corrected chi connectivity index (χ1v) is 32.9. The maximum Gasteiger partial charge on any atom is 0.407 e. The highest BCUT2D eigenvalue weighted by molar-refractivity contribution is 5.99. The highest BCUT2D eigenvalue weighted by Gasteiger charge is 2.46. The van der Waals surface area contributed by atoms with Gasteiger partial charge < -0.3 is 76.0 Å². The molecule has 93 heavy (non-hydrogen) atoms. The third kappa shape index (κ3) is 25.3. The standard InChI is InChI=1S/C65H117N13O15/c1-25-45-60(87)72(18)34-50(80)73(19)46(30-35(2)3)57(84)71-51(39(10)11)63(90)74(20)47(31-36(4)5)56(83)68-42(15)55(82)69-43(16)59(86)75(21)48(32-37(6)7)61(88)76(22)49(33-38(8)9)62(89)77(23)52(40(12)13)64(91)78(24)53(58(85)70-45)54(81)41(14)26-29-93-65(92)67-28-27-66-44(17)79/h35-43,45-49,51-54,81H,25-34H2,1-24H3,(H,66,79)(H,67,92)(H,68,83)(H,69,82)(H,70,85)(H,71,84)/t41-,42+,43-,45+,46+,47+,48+,49+,51+,52+,53+,54-/m1/s1. The molecule has 7 N–H and O–H groups in total. The van der Waals surface area contributed by atoms with E-state index in [1.54, 1.807) is 41.5 Å². The Bertz CT molecular complexity index is 2570. The molecule has 1 rings (SSSR count). The van der Waals surface area contributed by atoms with Crippen molar-refractivity contribution in [1.82, 2.24) is 66.2 Å². The van der Waals surface area contributed by atoms with Crippen LogP contribution in [0.2, 0.25) is 0 Å². The smallest absolute Gasteiger partial charge is 0.407 e. The number of aliphatic hydroxyl groups is 1. The van der Waals surface area contributed by atoms with Crippen molar-refractivity contribution in [3.8, 4) is 0 Å². The van der Waals surface area contributed by atoms with Gasteiger partial charge in [-0.15, -0.1) is 0 Å². The predicted octanol–water partition coefficient (Wildman–Crippen LogP) is 1.56. The van der Waals surface area contributed by atoms with Crippen molar-refractivity contribution in [1.29, 1.82) is 0 Å². The number of likely N-dealkylation sites (N-methyl/N-ethyl adjacent to an activating group) is 7. The van der Waals surface area contributed by atoms with E-state index in [2.05, 4.69) is 31.9 Å². The number of ether oxygens (including phenoxy) is 1. The van der Waals surface area contributed by atoms with E-state index in [-0.39, 0.29) is 87.8 Å². The van der Waals surface area contributed by atoms with E-state index in [9.17, 15) is 53.1 Å². The summed E-state index contributed by atoms with van der Waals surface area (Å²) >= 11 is 0. The van der Waals surface area contributed by atoms with Gasteiger partial charge in [0.2, 0.25) is 70.9 Å². The molecule has 0 saturated carbocycles. The second-order valence-electron chi connectivity index (χ2n) is 27.6. The first-order chi connectivity index (χ1) is 43.0. The fourth-order valence-corrected chi connectivity index (χ4v) is 11.2. The minimum absolute atomic E-state index is 0.0479. The highest BCUT2D eigenvalue weighted by atomic mass is 16.5. The van der Waals surface area contributed by atoms with Gasteiger partial charge in [-0.3, -0.25) is 57.5 Å². The molecule has 532 valence electrons. The van der Waals surface area contributed by atoms with Crippen LogP contribution in [0.4, 0.5) is 4.79 Å². The quantitative estimate of drug-likeness (QED) is 0.0903. The van der Waals surface area contributed by atoms with Crippen LogP contribution >= 0.6 is 0 Å². The molecule has 0 radical (unpaired) electrons. The predicted molar refractivity (Wildman–Crippen MR) is 352 cm³/mol. The minimum Gasteiger partial charge on any atom is -0.450 e. The monoisotopic (exact) mass is 1320 g/mol. The van der Waals surface area contributed by atoms with Gasteiger partial charge in [0.15, 0.2) is 0 Å². The summed E-state index contributed by atoms with van der Waals surface area (Å²) in [5.41, 5.74) is 0. The molecule has 1 aliphatic rings. The van der Waals surface area contributed by atoms with Crippen LogP contribution in [0.1, 0.15) is 156 Å². The molecule has 28 heteroatoms. The van der Waals surface area contributed by atoms with Crippen LogP contribution in [-0.4, -0.2) is 258 Å². The molecule has 1 saturated heterocycles. The fourth-order valence-electron chi connectivity index (χ4n) is 11.2. The topological polar surface area (TPSA) is 346 Å². The van der Waals surface area contributed by atoms with Crippen molar-refractivity contribution in [2.75, 3.05) is 75.6 Å². The lowest BCUT2D eigenvalue weighted by atomic mass is 9.91. The van der Waals surface area contributed by atoms with Crippen LogP contribution in [-0.2, 0) is 62.3 Å². The third-order valence-corrected chi connectivity index (χ3v) is 16.9. The van der Waals surface area contributed by atoms with Crippen molar-refractivity contribution in [2.45, 2.75) is 223 Å². The zero-order valence-electron chi connectivity index (χ0n) is 60.3. The summed E-state index contributed by atoms with van der Waals surface area (Å²) in [6.45, 7) is 28.2. The van der Waals surface area contributed by atoms with Gasteiger partial charge in [0, 0.05) is 69.3 Å². The number of nitrogens with zero attached hydrogens (tertiary/aromatic N) is 7. The largest absolute Gasteiger partial charge is 0.450 e. The van der Waals surface area contributed by atoms with Crippen molar-refractivity contribution in [2.24, 2.45) is 41.4 Å². The lowest BCUT2D eigenvalue weighted by Crippen LogP contribution is -2.63. The number of carbonyl (C=O) groups excluding carboxylic acids is 13. The normalized spacial score (nSPS) is 25.3. The molecule has 1 heterocycles. The van der Waals surface area contributed by atoms with Crippen molar-refractivity contribution >= 4 is 77.0 Å². The SMILES string of the molecule is CC[C@@H]1NC(=O)[C@H]([C@H](O)[C@H](C)CCOC(=O)NCCNC(C)=O)N(C)C(=O)[C@H](C(C)C)N(C)C(=O)[C@H](CC(C)C)N(C)C(=O)[C@H](CC(C)C)N(C)C(=O)[C@@H](C)NC(=O)[C@H](C)NC(=O)[C@H](CC(C)C)N(C)C(=O)[C@H](C(C)C)NC(=O)[C@H](CC(C)C)N(C)C(=O)CN(C)C1=O. The molecular weight excluding hydrogens is 1200 g/mol. The maximum absolute atomic E-state index is 15.3. The van der Waals surface area contributed by atoms with E-state index in [1.807, 2.05) is 55.4 Å². The van der Waals surface area contributed by atoms with Gasteiger partial charge in [0.25, 0.3) is 0 Å². The van der Waals surface area contributed by atoms with Crippen LogP contribution in [0.3, 0.4) is 0 Å². The van der Waals surface area contributed by atoms with E-state index in [1.165, 1.54) is 94.6 Å². The lowest BCUT2D eigenvalue weighted by molar-refractivity contribution is -0.157. The number of hydrogen-bond acceptors (Lipinski definition) is 15. The van der Waals surface area contributed by atoms with Crippen LogP contribution in [0.15, 0.2) is 0 Å². The third-order valence-electron chi connectivity index (χ3n) is 16.9. The summed E-state index contributed by atoms with van der Waals surface area (Å²) in [4.78, 5) is 193. The van der Waals surface area contributed by atoms with Crippen molar-refractivity contribution in [3.05, 3.63) is 0 Å². The summed E-state index contributed by atoms with van der Waals surface area (Å²) in [5, 5.41) is 28.2. The fraction of sp³-hybridized carbons (Fsp3) is 0.800.